The summed E-state index contributed by atoms with van der Waals surface area (Å²) < 4.78 is 1.74. The van der Waals surface area contributed by atoms with Gasteiger partial charge in [-0.2, -0.15) is 9.61 Å². The van der Waals surface area contributed by atoms with Crippen LogP contribution in [0.3, 0.4) is 0 Å². The lowest BCUT2D eigenvalue weighted by atomic mass is 10.1. The number of anilines is 3. The molecule has 3 heterocycles. The van der Waals surface area contributed by atoms with Crippen molar-refractivity contribution in [2.75, 3.05) is 17.2 Å². The number of fused-ring (bicyclic) bond motifs is 1. The van der Waals surface area contributed by atoms with Crippen molar-refractivity contribution in [3.63, 3.8) is 0 Å². The zero-order chi connectivity index (χ0) is 20.7. The van der Waals surface area contributed by atoms with Crippen LogP contribution in [0.1, 0.15) is 24.8 Å². The van der Waals surface area contributed by atoms with E-state index in [-0.39, 0.29) is 12.3 Å². The molecule has 2 aromatic heterocycles. The molecule has 5 rings (SSSR count). The Bertz CT molecular complexity index is 1150. The predicted octanol–water partition coefficient (Wildman–Crippen LogP) is 3.17. The number of carbonyl (C=O) groups is 1. The third-order valence-corrected chi connectivity index (χ3v) is 5.45. The average molecular weight is 425 g/mol. The maximum Gasteiger partial charge on any atom is 0.226 e. The van der Waals surface area contributed by atoms with Crippen LogP contribution < -0.4 is 16.0 Å². The van der Waals surface area contributed by atoms with Crippen molar-refractivity contribution in [2.24, 2.45) is 5.92 Å². The third kappa shape index (κ3) is 3.96. The topological polar surface area (TPSA) is 104 Å². The second kappa shape index (κ2) is 7.62. The number of carbonyl (C=O) groups excluding carboxylic acids is 1. The summed E-state index contributed by atoms with van der Waals surface area (Å²) in [5.41, 5.74) is 2.77. The molecule has 2 fully saturated rings. The minimum Gasteiger partial charge on any atom is -0.370 e. The first-order valence-corrected chi connectivity index (χ1v) is 10.3. The van der Waals surface area contributed by atoms with Crippen LogP contribution in [0.25, 0.3) is 11.7 Å². The van der Waals surface area contributed by atoms with E-state index in [0.29, 0.717) is 28.0 Å². The Labute approximate surface area is 178 Å². The zero-order valence-corrected chi connectivity index (χ0v) is 16.9. The third-order valence-electron chi connectivity index (χ3n) is 5.22. The Balaban J connectivity index is 1.54. The normalized spacial score (nSPS) is 20.0. The van der Waals surface area contributed by atoms with E-state index >= 15 is 0 Å². The van der Waals surface area contributed by atoms with Crippen LogP contribution >= 0.6 is 11.6 Å². The first kappa shape index (κ1) is 18.9. The number of hydrogen-bond acceptors (Lipinski definition) is 6. The summed E-state index contributed by atoms with van der Waals surface area (Å²) in [5.74, 6) is 1.96. The highest BCUT2D eigenvalue weighted by Crippen LogP contribution is 2.30. The summed E-state index contributed by atoms with van der Waals surface area (Å²) in [5, 5.41) is 24.4. The first-order valence-electron chi connectivity index (χ1n) is 9.88. The second-order valence-electron chi connectivity index (χ2n) is 7.69. The van der Waals surface area contributed by atoms with Crippen molar-refractivity contribution in [2.45, 2.75) is 25.5 Å². The van der Waals surface area contributed by atoms with E-state index in [9.17, 15) is 9.90 Å². The molecule has 30 heavy (non-hydrogen) atoms. The van der Waals surface area contributed by atoms with Crippen LogP contribution in [-0.4, -0.2) is 38.4 Å². The van der Waals surface area contributed by atoms with Crippen molar-refractivity contribution < 1.29 is 9.90 Å². The Morgan fingerprint density at radius 2 is 2.20 bits per heavy atom. The van der Waals surface area contributed by atoms with Crippen LogP contribution in [0.4, 0.5) is 17.3 Å². The quantitative estimate of drug-likeness (QED) is 0.484. The minimum absolute atomic E-state index is 0.158. The summed E-state index contributed by atoms with van der Waals surface area (Å²) in [6.45, 7) is 0.878. The number of aromatic nitrogens is 3. The van der Waals surface area contributed by atoms with Gasteiger partial charge in [-0.1, -0.05) is 17.7 Å². The summed E-state index contributed by atoms with van der Waals surface area (Å²) in [7, 11) is 0. The van der Waals surface area contributed by atoms with Gasteiger partial charge >= 0.3 is 0 Å². The van der Waals surface area contributed by atoms with Crippen molar-refractivity contribution in [3.05, 3.63) is 52.7 Å². The number of nitrogens with one attached hydrogen (secondary N) is 3. The molecule has 3 aromatic rings. The molecule has 8 nitrogen and oxygen atoms in total. The van der Waals surface area contributed by atoms with Gasteiger partial charge in [0.25, 0.3) is 0 Å². The van der Waals surface area contributed by atoms with E-state index in [1.54, 1.807) is 16.8 Å². The van der Waals surface area contributed by atoms with Gasteiger partial charge in [0.1, 0.15) is 17.9 Å². The molecule has 1 aromatic carbocycles. The fraction of sp³-hybridized carbons (Fsp3) is 0.286. The highest BCUT2D eigenvalue weighted by Gasteiger charge is 2.25. The number of rotatable bonds is 6. The molecule has 1 aliphatic heterocycles. The number of hydrogen-bond donors (Lipinski definition) is 4. The smallest absolute Gasteiger partial charge is 0.226 e. The maximum absolute atomic E-state index is 11.6. The Hall–Kier alpha value is -3.10. The van der Waals surface area contributed by atoms with Gasteiger partial charge in [-0.15, -0.1) is 0 Å². The van der Waals surface area contributed by atoms with Crippen LogP contribution in [0, 0.1) is 5.92 Å². The summed E-state index contributed by atoms with van der Waals surface area (Å²) in [4.78, 5) is 16.3. The molecule has 9 heteroatoms. The predicted molar refractivity (Wildman–Crippen MR) is 116 cm³/mol. The highest BCUT2D eigenvalue weighted by atomic mass is 35.5. The lowest BCUT2D eigenvalue weighted by Crippen LogP contribution is -2.24. The lowest BCUT2D eigenvalue weighted by molar-refractivity contribution is -0.120. The fourth-order valence-electron chi connectivity index (χ4n) is 3.46. The van der Waals surface area contributed by atoms with Gasteiger partial charge in [0.2, 0.25) is 5.91 Å². The molecule has 1 unspecified atom stereocenters. The van der Waals surface area contributed by atoms with Crippen LogP contribution in [0.2, 0.25) is 5.02 Å². The molecule has 0 radical (unpaired) electrons. The van der Waals surface area contributed by atoms with E-state index in [0.717, 1.165) is 23.6 Å². The van der Waals surface area contributed by atoms with Crippen molar-refractivity contribution >= 4 is 46.6 Å². The molecule has 0 bridgehead atoms. The van der Waals surface area contributed by atoms with Crippen molar-refractivity contribution in [3.8, 4) is 0 Å². The molecular weight excluding hydrogens is 404 g/mol. The zero-order valence-electron chi connectivity index (χ0n) is 16.1. The fourth-order valence-corrected chi connectivity index (χ4v) is 3.65. The summed E-state index contributed by atoms with van der Waals surface area (Å²) in [6, 6.07) is 9.34. The largest absolute Gasteiger partial charge is 0.370 e. The van der Waals surface area contributed by atoms with Gasteiger partial charge in [-0.25, -0.2) is 4.98 Å². The standard InChI is InChI=1S/C21H21ClN6O2/c22-15-2-1-3-16(8-15)25-17-9-18(23-10-12-4-5-12)28-20(26-17)14(11-24-28)6-13-7-19(29)27-21(13)30/h1-3,6,8-9,11-12,21,23,30H,4-5,7,10H2,(H,25,26)(H,27,29)/b13-6+. The first-order chi connectivity index (χ1) is 14.5. The van der Waals surface area contributed by atoms with E-state index in [4.69, 9.17) is 16.6 Å². The number of amides is 1. The SMILES string of the molecule is O=C1C/C(=C\c2cnn3c(NCC4CC4)cc(Nc4cccc(Cl)c4)nc23)C(O)N1. The van der Waals surface area contributed by atoms with Gasteiger partial charge < -0.3 is 21.1 Å². The Morgan fingerprint density at radius 1 is 1.33 bits per heavy atom. The van der Waals surface area contributed by atoms with Crippen LogP contribution in [-0.2, 0) is 4.79 Å². The average Bonchev–Trinajstić information content (AvgIpc) is 3.37. The minimum atomic E-state index is -0.979. The van der Waals surface area contributed by atoms with Crippen LogP contribution in [0.15, 0.2) is 42.1 Å². The van der Waals surface area contributed by atoms with Gasteiger partial charge in [0.15, 0.2) is 5.65 Å². The number of benzene rings is 1. The summed E-state index contributed by atoms with van der Waals surface area (Å²) >= 11 is 6.11. The van der Waals surface area contributed by atoms with Crippen molar-refractivity contribution in [1.29, 1.82) is 0 Å². The highest BCUT2D eigenvalue weighted by molar-refractivity contribution is 6.30. The van der Waals surface area contributed by atoms with E-state index in [2.05, 4.69) is 21.0 Å². The molecule has 0 spiro atoms. The monoisotopic (exact) mass is 424 g/mol. The van der Waals surface area contributed by atoms with Crippen LogP contribution in [0.5, 0.6) is 0 Å². The number of aliphatic hydroxyl groups is 1. The van der Waals surface area contributed by atoms with Gasteiger partial charge in [-0.05, 0) is 48.6 Å². The van der Waals surface area contributed by atoms with E-state index in [1.807, 2.05) is 30.3 Å². The lowest BCUT2D eigenvalue weighted by Gasteiger charge is -2.12. The number of nitrogens with zero attached hydrogens (tertiary/aromatic N) is 3. The molecule has 2 aliphatic rings. The Kier molecular flexibility index (Phi) is 4.80. The second-order valence-corrected chi connectivity index (χ2v) is 8.12. The van der Waals surface area contributed by atoms with Gasteiger partial charge in [0.05, 0.1) is 12.6 Å². The van der Waals surface area contributed by atoms with Gasteiger partial charge in [-0.3, -0.25) is 4.79 Å². The van der Waals surface area contributed by atoms with E-state index < -0.39 is 6.23 Å². The molecular formula is C21H21ClN6O2. The van der Waals surface area contributed by atoms with Gasteiger partial charge in [0, 0.05) is 28.9 Å². The molecule has 4 N–H and O–H groups in total. The molecule has 1 amide bonds. The van der Waals surface area contributed by atoms with Crippen molar-refractivity contribution in [1.82, 2.24) is 19.9 Å². The molecule has 1 atom stereocenters. The Morgan fingerprint density at radius 3 is 2.93 bits per heavy atom. The molecule has 1 saturated carbocycles. The van der Waals surface area contributed by atoms with E-state index in [1.165, 1.54) is 12.8 Å². The molecule has 1 aliphatic carbocycles. The molecule has 1 saturated heterocycles. The maximum atomic E-state index is 11.6. The molecule has 154 valence electrons. The number of aliphatic hydroxyl groups excluding tert-OH is 1. The number of halogens is 1. The summed E-state index contributed by atoms with van der Waals surface area (Å²) in [6.07, 6.45) is 5.12.